The third-order valence-corrected chi connectivity index (χ3v) is 2.47. The summed E-state index contributed by atoms with van der Waals surface area (Å²) < 4.78 is 6.30. The molecule has 1 heterocycles. The second-order valence-corrected chi connectivity index (χ2v) is 3.89. The number of aromatic nitrogens is 2. The molecule has 0 bridgehead atoms. The van der Waals surface area contributed by atoms with Crippen molar-refractivity contribution in [2.45, 2.75) is 19.6 Å². The summed E-state index contributed by atoms with van der Waals surface area (Å²) in [7, 11) is 1.32. The molecule has 0 saturated heterocycles. The van der Waals surface area contributed by atoms with Crippen LogP contribution in [0.5, 0.6) is 0 Å². The van der Waals surface area contributed by atoms with Gasteiger partial charge in [0, 0.05) is 5.39 Å². The number of fused-ring (bicyclic) bond motifs is 1. The lowest BCUT2D eigenvalue weighted by atomic mass is 10.2. The summed E-state index contributed by atoms with van der Waals surface area (Å²) in [6.07, 6.45) is -0.524. The Bertz CT molecular complexity index is 546. The average molecular weight is 234 g/mol. The third kappa shape index (κ3) is 2.14. The summed E-state index contributed by atoms with van der Waals surface area (Å²) in [5, 5.41) is 14.3. The zero-order valence-corrected chi connectivity index (χ0v) is 9.75. The molecule has 2 aromatic rings. The molecule has 1 atom stereocenters. The van der Waals surface area contributed by atoms with Gasteiger partial charge in [0.2, 0.25) is 0 Å². The van der Waals surface area contributed by atoms with Crippen LogP contribution in [0.3, 0.4) is 0 Å². The van der Waals surface area contributed by atoms with Crippen LogP contribution in [0.1, 0.15) is 17.4 Å². The fraction of sp³-hybridized carbons (Fsp3) is 0.333. The lowest BCUT2D eigenvalue weighted by molar-refractivity contribution is 0.0594. The molecule has 0 radical (unpaired) electrons. The number of benzene rings is 1. The predicted molar refractivity (Wildman–Crippen MR) is 62.8 cm³/mol. The van der Waals surface area contributed by atoms with Gasteiger partial charge in [0.15, 0.2) is 5.69 Å². The molecule has 0 aliphatic rings. The van der Waals surface area contributed by atoms with Gasteiger partial charge in [-0.1, -0.05) is 18.2 Å². The first kappa shape index (κ1) is 11.6. The van der Waals surface area contributed by atoms with Gasteiger partial charge < -0.3 is 9.84 Å². The summed E-state index contributed by atoms with van der Waals surface area (Å²) in [5.41, 5.74) is 1.09. The summed E-state index contributed by atoms with van der Waals surface area (Å²) in [6, 6.07) is 7.37. The zero-order valence-electron chi connectivity index (χ0n) is 9.75. The first-order valence-electron chi connectivity index (χ1n) is 5.35. The minimum absolute atomic E-state index is 0.281. The van der Waals surface area contributed by atoms with Gasteiger partial charge in [0.1, 0.15) is 0 Å². The van der Waals surface area contributed by atoms with Crippen LogP contribution in [-0.2, 0) is 11.3 Å². The van der Waals surface area contributed by atoms with Gasteiger partial charge in [0.25, 0.3) is 0 Å². The Hall–Kier alpha value is -1.88. The molecule has 0 fully saturated rings. The number of hydrogen-bond acceptors (Lipinski definition) is 4. The number of carbonyl (C=O) groups excluding carboxylic acids is 1. The molecule has 0 aliphatic carbocycles. The highest BCUT2D eigenvalue weighted by Crippen LogP contribution is 2.19. The van der Waals surface area contributed by atoms with E-state index in [2.05, 4.69) is 9.84 Å². The Balaban J connectivity index is 2.58. The number of nitrogens with zero attached hydrogens (tertiary/aromatic N) is 2. The van der Waals surface area contributed by atoms with Gasteiger partial charge in [-0.05, 0) is 13.0 Å². The van der Waals surface area contributed by atoms with E-state index in [1.54, 1.807) is 11.6 Å². The van der Waals surface area contributed by atoms with Crippen molar-refractivity contribution in [1.29, 1.82) is 0 Å². The summed E-state index contributed by atoms with van der Waals surface area (Å²) in [6.45, 7) is 2.02. The van der Waals surface area contributed by atoms with Gasteiger partial charge in [0.05, 0.1) is 25.3 Å². The van der Waals surface area contributed by atoms with E-state index in [1.165, 1.54) is 7.11 Å². The van der Waals surface area contributed by atoms with Gasteiger partial charge in [-0.2, -0.15) is 5.10 Å². The van der Waals surface area contributed by atoms with E-state index in [4.69, 9.17) is 0 Å². The van der Waals surface area contributed by atoms with E-state index in [-0.39, 0.29) is 5.69 Å². The van der Waals surface area contributed by atoms with Crippen LogP contribution < -0.4 is 0 Å². The molecule has 5 nitrogen and oxygen atoms in total. The zero-order chi connectivity index (χ0) is 12.4. The molecule has 0 amide bonds. The molecule has 1 aromatic heterocycles. The van der Waals surface area contributed by atoms with Crippen LogP contribution in [0.25, 0.3) is 10.9 Å². The monoisotopic (exact) mass is 234 g/mol. The SMILES string of the molecule is COC(=O)c1nn(CC(C)O)c2ccccc12. The average Bonchev–Trinajstić information content (AvgIpc) is 2.67. The van der Waals surface area contributed by atoms with Gasteiger partial charge in [-0.15, -0.1) is 0 Å². The van der Waals surface area contributed by atoms with Crippen molar-refractivity contribution in [3.05, 3.63) is 30.0 Å². The highest BCUT2D eigenvalue weighted by molar-refractivity contribution is 6.02. The van der Waals surface area contributed by atoms with E-state index in [1.807, 2.05) is 24.3 Å². The van der Waals surface area contributed by atoms with Crippen molar-refractivity contribution in [3.63, 3.8) is 0 Å². The quantitative estimate of drug-likeness (QED) is 0.810. The number of esters is 1. The van der Waals surface area contributed by atoms with E-state index in [9.17, 15) is 9.90 Å². The third-order valence-electron chi connectivity index (χ3n) is 2.47. The molecule has 0 spiro atoms. The van der Waals surface area contributed by atoms with Crippen molar-refractivity contribution in [2.75, 3.05) is 7.11 Å². The number of methoxy groups -OCH3 is 1. The number of para-hydroxylation sites is 1. The van der Waals surface area contributed by atoms with E-state index in [0.29, 0.717) is 6.54 Å². The Morgan fingerprint density at radius 2 is 2.24 bits per heavy atom. The summed E-state index contributed by atoms with van der Waals surface area (Å²) in [5.74, 6) is -0.467. The van der Waals surface area contributed by atoms with E-state index >= 15 is 0 Å². The van der Waals surface area contributed by atoms with E-state index < -0.39 is 12.1 Å². The Kier molecular flexibility index (Phi) is 3.10. The van der Waals surface area contributed by atoms with Crippen LogP contribution in [0.4, 0.5) is 0 Å². The van der Waals surface area contributed by atoms with E-state index in [0.717, 1.165) is 10.9 Å². The number of hydrogen-bond donors (Lipinski definition) is 1. The molecule has 0 aliphatic heterocycles. The first-order chi connectivity index (χ1) is 8.13. The molecular formula is C12H14N2O3. The summed E-state index contributed by atoms with van der Waals surface area (Å²) in [4.78, 5) is 11.6. The number of carbonyl (C=O) groups is 1. The fourth-order valence-electron chi connectivity index (χ4n) is 1.76. The molecule has 1 N–H and O–H groups in total. The Labute approximate surface area is 98.6 Å². The molecule has 2 rings (SSSR count). The van der Waals surface area contributed by atoms with Crippen molar-refractivity contribution in [2.24, 2.45) is 0 Å². The minimum atomic E-state index is -0.524. The summed E-state index contributed by atoms with van der Waals surface area (Å²) >= 11 is 0. The maximum absolute atomic E-state index is 11.6. The maximum atomic E-state index is 11.6. The highest BCUT2D eigenvalue weighted by Gasteiger charge is 2.17. The minimum Gasteiger partial charge on any atom is -0.464 e. The van der Waals surface area contributed by atoms with Gasteiger partial charge in [-0.3, -0.25) is 4.68 Å². The van der Waals surface area contributed by atoms with Crippen LogP contribution >= 0.6 is 0 Å². The van der Waals surface area contributed by atoms with Crippen LogP contribution in [0.15, 0.2) is 24.3 Å². The smallest absolute Gasteiger partial charge is 0.359 e. The van der Waals surface area contributed by atoms with Crippen molar-refractivity contribution in [3.8, 4) is 0 Å². The topological polar surface area (TPSA) is 64.3 Å². The number of aliphatic hydroxyl groups is 1. The fourth-order valence-corrected chi connectivity index (χ4v) is 1.76. The molecule has 5 heteroatoms. The number of ether oxygens (including phenoxy) is 1. The molecule has 17 heavy (non-hydrogen) atoms. The van der Waals surface area contributed by atoms with Crippen molar-refractivity contribution >= 4 is 16.9 Å². The molecule has 1 unspecified atom stereocenters. The number of rotatable bonds is 3. The molecule has 1 aromatic carbocycles. The lowest BCUT2D eigenvalue weighted by Crippen LogP contribution is -2.13. The molecular weight excluding hydrogens is 220 g/mol. The van der Waals surface area contributed by atoms with Crippen molar-refractivity contribution < 1.29 is 14.6 Å². The normalized spacial score (nSPS) is 12.6. The standard InChI is InChI=1S/C12H14N2O3/c1-8(15)7-14-10-6-4-3-5-9(10)11(13-14)12(16)17-2/h3-6,8,15H,7H2,1-2H3. The Morgan fingerprint density at radius 3 is 2.88 bits per heavy atom. The maximum Gasteiger partial charge on any atom is 0.359 e. The predicted octanol–water partition coefficient (Wildman–Crippen LogP) is 1.20. The van der Waals surface area contributed by atoms with Crippen LogP contribution in [0, 0.1) is 0 Å². The number of aliphatic hydroxyl groups excluding tert-OH is 1. The largest absolute Gasteiger partial charge is 0.464 e. The molecule has 0 saturated carbocycles. The van der Waals surface area contributed by atoms with Crippen molar-refractivity contribution in [1.82, 2.24) is 9.78 Å². The van der Waals surface area contributed by atoms with Gasteiger partial charge in [-0.25, -0.2) is 4.79 Å². The van der Waals surface area contributed by atoms with Gasteiger partial charge >= 0.3 is 5.97 Å². The second-order valence-electron chi connectivity index (χ2n) is 3.89. The lowest BCUT2D eigenvalue weighted by Gasteiger charge is -2.05. The molecule has 90 valence electrons. The Morgan fingerprint density at radius 1 is 1.53 bits per heavy atom. The van der Waals surface area contributed by atoms with Crippen LogP contribution in [0.2, 0.25) is 0 Å². The first-order valence-corrected chi connectivity index (χ1v) is 5.35. The second kappa shape index (κ2) is 4.55. The highest BCUT2D eigenvalue weighted by atomic mass is 16.5. The van der Waals surface area contributed by atoms with Crippen LogP contribution in [-0.4, -0.2) is 34.1 Å².